The van der Waals surface area contributed by atoms with E-state index in [1.54, 1.807) is 0 Å². The Morgan fingerprint density at radius 1 is 0.340 bits per heavy atom. The summed E-state index contributed by atoms with van der Waals surface area (Å²) in [6.07, 6.45) is 0. The van der Waals surface area contributed by atoms with E-state index in [1.807, 2.05) is 11.3 Å². The minimum Gasteiger partial charge on any atom is -0.309 e. The Kier molecular flexibility index (Phi) is 5.96. The highest BCUT2D eigenvalue weighted by atomic mass is 32.1. The number of thiophene rings is 1. The molecule has 12 rings (SSSR count). The number of aromatic nitrogens is 2. The fourth-order valence-corrected chi connectivity index (χ4v) is 10.1. The van der Waals surface area contributed by atoms with Gasteiger partial charge in [-0.05, 0) is 81.9 Å². The van der Waals surface area contributed by atoms with E-state index in [2.05, 4.69) is 191 Å². The van der Waals surface area contributed by atoms with E-state index in [-0.39, 0.29) is 0 Å². The molecule has 0 N–H and O–H groups in total. The van der Waals surface area contributed by atoms with Crippen molar-refractivity contribution in [2.75, 3.05) is 0 Å². The molecule has 0 atom stereocenters. The summed E-state index contributed by atoms with van der Waals surface area (Å²) in [6.45, 7) is 0. The molecule has 0 bridgehead atoms. The van der Waals surface area contributed by atoms with Crippen LogP contribution in [0.5, 0.6) is 0 Å². The molecule has 0 fully saturated rings. The van der Waals surface area contributed by atoms with Gasteiger partial charge in [-0.25, -0.2) is 0 Å². The first-order valence-corrected chi connectivity index (χ1v) is 19.0. The van der Waals surface area contributed by atoms with Gasteiger partial charge in [0.25, 0.3) is 0 Å². The first kappa shape index (κ1) is 29.0. The molecule has 0 amide bonds. The SMILES string of the molecule is c1ccc2cc(-n3c4ccccc4c4cc(-c5ccc6c(c5)c5ccc7c8ccccc8sc7c5n6-c5cccc6ccccc56)ccc43)ccc2c1. The van der Waals surface area contributed by atoms with Crippen LogP contribution in [0.3, 0.4) is 0 Å². The van der Waals surface area contributed by atoms with Gasteiger partial charge in [-0.3, -0.25) is 0 Å². The van der Waals surface area contributed by atoms with Crippen molar-refractivity contribution in [1.82, 2.24) is 9.13 Å². The van der Waals surface area contributed by atoms with Crippen LogP contribution in [0.25, 0.3) is 108 Å². The van der Waals surface area contributed by atoms with Gasteiger partial charge in [0.1, 0.15) is 0 Å². The standard InChI is InChI=1S/C50H30N2S/c1-2-12-33-28-36(23-20-31(33)10-1)51-45-17-7-5-15-38(45)42-29-34(21-26-46(42)51)35-22-27-47-43(30-35)40-24-25-41-39-16-6-8-19-48(39)53-50(41)49(40)52(47)44-18-9-13-32-11-3-4-14-37(32)44/h1-30H. The minimum atomic E-state index is 1.18. The molecular formula is C50H30N2S. The van der Waals surface area contributed by atoms with Crippen molar-refractivity contribution in [1.29, 1.82) is 0 Å². The number of para-hydroxylation sites is 1. The molecule has 0 aliphatic carbocycles. The third-order valence-corrected chi connectivity index (χ3v) is 12.5. The fourth-order valence-electron chi connectivity index (χ4n) is 8.86. The van der Waals surface area contributed by atoms with Crippen LogP contribution in [0.1, 0.15) is 0 Å². The molecule has 3 heterocycles. The summed E-state index contributed by atoms with van der Waals surface area (Å²) in [5, 5.41) is 12.7. The number of hydrogen-bond donors (Lipinski definition) is 0. The lowest BCUT2D eigenvalue weighted by molar-refractivity contribution is 1.19. The average molecular weight is 691 g/mol. The van der Waals surface area contributed by atoms with Gasteiger partial charge in [-0.1, -0.05) is 127 Å². The van der Waals surface area contributed by atoms with Crippen LogP contribution in [0.2, 0.25) is 0 Å². The lowest BCUT2D eigenvalue weighted by Crippen LogP contribution is -1.95. The van der Waals surface area contributed by atoms with Crippen LogP contribution >= 0.6 is 11.3 Å². The Labute approximate surface area is 309 Å². The summed E-state index contributed by atoms with van der Waals surface area (Å²) in [7, 11) is 0. The zero-order valence-electron chi connectivity index (χ0n) is 28.6. The van der Waals surface area contributed by atoms with E-state index in [1.165, 1.54) is 108 Å². The van der Waals surface area contributed by atoms with Gasteiger partial charge in [-0.2, -0.15) is 0 Å². The van der Waals surface area contributed by atoms with Gasteiger partial charge in [0.05, 0.1) is 32.5 Å². The number of nitrogens with zero attached hydrogens (tertiary/aromatic N) is 2. The van der Waals surface area contributed by atoms with E-state index in [9.17, 15) is 0 Å². The van der Waals surface area contributed by atoms with Crippen LogP contribution in [-0.4, -0.2) is 9.13 Å². The van der Waals surface area contributed by atoms with Crippen LogP contribution in [-0.2, 0) is 0 Å². The van der Waals surface area contributed by atoms with Crippen molar-refractivity contribution in [3.8, 4) is 22.5 Å². The number of fused-ring (bicyclic) bond motifs is 12. The van der Waals surface area contributed by atoms with Gasteiger partial charge < -0.3 is 9.13 Å². The monoisotopic (exact) mass is 690 g/mol. The van der Waals surface area contributed by atoms with Crippen LogP contribution < -0.4 is 0 Å². The maximum Gasteiger partial charge on any atom is 0.0720 e. The second-order valence-corrected chi connectivity index (χ2v) is 15.2. The Hall–Kier alpha value is -6.68. The summed E-state index contributed by atoms with van der Waals surface area (Å²) in [5.41, 5.74) is 9.76. The van der Waals surface area contributed by atoms with Gasteiger partial charge in [0.2, 0.25) is 0 Å². The third-order valence-electron chi connectivity index (χ3n) is 11.3. The van der Waals surface area contributed by atoms with E-state index in [0.29, 0.717) is 0 Å². The largest absolute Gasteiger partial charge is 0.309 e. The Morgan fingerprint density at radius 3 is 1.81 bits per heavy atom. The molecule has 0 aliphatic heterocycles. The Morgan fingerprint density at radius 2 is 0.962 bits per heavy atom. The first-order valence-electron chi connectivity index (χ1n) is 18.2. The average Bonchev–Trinajstić information content (AvgIpc) is 3.88. The second-order valence-electron chi connectivity index (χ2n) is 14.1. The number of rotatable bonds is 3. The lowest BCUT2D eigenvalue weighted by atomic mass is 10.0. The van der Waals surface area contributed by atoms with Crippen molar-refractivity contribution >= 4 is 96.7 Å². The van der Waals surface area contributed by atoms with E-state index in [0.717, 1.165) is 0 Å². The zero-order chi connectivity index (χ0) is 34.6. The molecule has 12 aromatic rings. The Balaban J connectivity index is 1.11. The highest BCUT2D eigenvalue weighted by Crippen LogP contribution is 2.45. The van der Waals surface area contributed by atoms with Gasteiger partial charge in [0, 0.05) is 48.1 Å². The molecule has 0 spiro atoms. The normalized spacial score (nSPS) is 12.2. The summed E-state index contributed by atoms with van der Waals surface area (Å²) in [4.78, 5) is 0. The van der Waals surface area contributed by atoms with E-state index < -0.39 is 0 Å². The molecule has 0 unspecified atom stereocenters. The maximum absolute atomic E-state index is 2.52. The summed E-state index contributed by atoms with van der Waals surface area (Å²) >= 11 is 1.90. The highest BCUT2D eigenvalue weighted by molar-refractivity contribution is 7.26. The maximum atomic E-state index is 2.52. The summed E-state index contributed by atoms with van der Waals surface area (Å²) < 4.78 is 7.59. The van der Waals surface area contributed by atoms with Crippen LogP contribution in [0, 0.1) is 0 Å². The van der Waals surface area contributed by atoms with Gasteiger partial charge in [0.15, 0.2) is 0 Å². The van der Waals surface area contributed by atoms with Crippen molar-refractivity contribution in [2.24, 2.45) is 0 Å². The molecule has 0 aliphatic rings. The van der Waals surface area contributed by atoms with E-state index in [4.69, 9.17) is 0 Å². The highest BCUT2D eigenvalue weighted by Gasteiger charge is 2.20. The lowest BCUT2D eigenvalue weighted by Gasteiger charge is -2.12. The Bertz CT molecular complexity index is 3460. The smallest absolute Gasteiger partial charge is 0.0720 e. The van der Waals surface area contributed by atoms with Crippen molar-refractivity contribution in [3.05, 3.63) is 182 Å². The second kappa shape index (κ2) is 10.9. The molecule has 3 heteroatoms. The molecule has 53 heavy (non-hydrogen) atoms. The fraction of sp³-hybridized carbons (Fsp3) is 0. The molecule has 3 aromatic heterocycles. The van der Waals surface area contributed by atoms with Crippen molar-refractivity contribution < 1.29 is 0 Å². The van der Waals surface area contributed by atoms with Gasteiger partial charge in [-0.15, -0.1) is 11.3 Å². The summed E-state index contributed by atoms with van der Waals surface area (Å²) in [5.74, 6) is 0. The van der Waals surface area contributed by atoms with Crippen LogP contribution in [0.4, 0.5) is 0 Å². The van der Waals surface area contributed by atoms with Crippen molar-refractivity contribution in [3.63, 3.8) is 0 Å². The predicted octanol–water partition coefficient (Wildman–Crippen LogP) is 14.2. The molecule has 0 saturated heterocycles. The first-order chi connectivity index (χ1) is 26.3. The molecule has 0 saturated carbocycles. The molecule has 9 aromatic carbocycles. The number of benzene rings is 9. The molecule has 2 nitrogen and oxygen atoms in total. The minimum absolute atomic E-state index is 1.18. The van der Waals surface area contributed by atoms with Gasteiger partial charge >= 0.3 is 0 Å². The molecular weight excluding hydrogens is 661 g/mol. The zero-order valence-corrected chi connectivity index (χ0v) is 29.4. The predicted molar refractivity (Wildman–Crippen MR) is 228 cm³/mol. The quantitative estimate of drug-likeness (QED) is 0.175. The topological polar surface area (TPSA) is 9.86 Å². The van der Waals surface area contributed by atoms with Crippen molar-refractivity contribution in [2.45, 2.75) is 0 Å². The number of hydrogen-bond acceptors (Lipinski definition) is 1. The summed E-state index contributed by atoms with van der Waals surface area (Å²) in [6, 6.07) is 67.2. The molecule has 246 valence electrons. The van der Waals surface area contributed by atoms with Crippen LogP contribution in [0.15, 0.2) is 182 Å². The third kappa shape index (κ3) is 4.14. The molecule has 0 radical (unpaired) electrons. The van der Waals surface area contributed by atoms with E-state index >= 15 is 0 Å².